The Labute approximate surface area is 277 Å². The van der Waals surface area contributed by atoms with Gasteiger partial charge in [0.25, 0.3) is 6.21 Å². The molecular weight excluding hydrogens is 574 g/mol. The second-order valence-electron chi connectivity index (χ2n) is 14.1. The van der Waals surface area contributed by atoms with Crippen molar-refractivity contribution in [3.63, 3.8) is 0 Å². The Hall–Kier alpha value is -3.05. The lowest BCUT2D eigenvalue weighted by molar-refractivity contribution is -0.465. The molecule has 1 aromatic heterocycles. The second-order valence-corrected chi connectivity index (χ2v) is 14.1. The molecule has 1 aromatic rings. The highest BCUT2D eigenvalue weighted by molar-refractivity contribution is 5.77. The molecule has 3 aliphatic heterocycles. The van der Waals surface area contributed by atoms with Crippen LogP contribution in [0, 0.1) is 25.7 Å². The van der Waals surface area contributed by atoms with Gasteiger partial charge in [-0.15, -0.1) is 0 Å². The van der Waals surface area contributed by atoms with Crippen molar-refractivity contribution >= 4 is 12.1 Å². The van der Waals surface area contributed by atoms with Crippen molar-refractivity contribution < 1.29 is 9.37 Å². The zero-order chi connectivity index (χ0) is 33.8. The number of rotatable bonds is 14. The van der Waals surface area contributed by atoms with Crippen LogP contribution in [0.3, 0.4) is 0 Å². The van der Waals surface area contributed by atoms with Gasteiger partial charge in [-0.2, -0.15) is 9.67 Å². The quantitative estimate of drug-likeness (QED) is 0.164. The highest BCUT2D eigenvalue weighted by Crippen LogP contribution is 2.40. The van der Waals surface area contributed by atoms with Crippen molar-refractivity contribution in [2.24, 2.45) is 17.6 Å². The number of hydrogen-bond donors (Lipinski definition) is 3. The normalized spacial score (nSPS) is 23.6. The monoisotopic (exact) mass is 634 g/mol. The lowest BCUT2D eigenvalue weighted by atomic mass is 9.74. The van der Waals surface area contributed by atoms with E-state index in [0.717, 1.165) is 69.3 Å². The number of nitrogens with zero attached hydrogens (tertiary/aromatic N) is 6. The molecule has 0 bridgehead atoms. The number of aromatic nitrogens is 2. The van der Waals surface area contributed by atoms with Crippen LogP contribution in [-0.4, -0.2) is 105 Å². The lowest BCUT2D eigenvalue weighted by Gasteiger charge is -2.49. The number of allylic oxidation sites excluding steroid dienone is 2. The summed E-state index contributed by atoms with van der Waals surface area (Å²) < 4.78 is 3.94. The molecule has 1 amide bonds. The molecule has 0 aliphatic carbocycles. The van der Waals surface area contributed by atoms with Crippen molar-refractivity contribution in [1.29, 1.82) is 0 Å². The number of piperazine rings is 1. The molecule has 3 atom stereocenters. The number of carbonyl (C=O) groups is 1. The summed E-state index contributed by atoms with van der Waals surface area (Å²) in [4.78, 5) is 20.4. The summed E-state index contributed by atoms with van der Waals surface area (Å²) >= 11 is 0. The lowest BCUT2D eigenvalue weighted by Crippen LogP contribution is -2.56. The van der Waals surface area contributed by atoms with Crippen molar-refractivity contribution in [2.45, 2.75) is 86.1 Å². The molecule has 4 heterocycles. The second kappa shape index (κ2) is 14.8. The van der Waals surface area contributed by atoms with Gasteiger partial charge in [-0.1, -0.05) is 45.1 Å². The van der Waals surface area contributed by atoms with Crippen LogP contribution in [0.2, 0.25) is 0 Å². The predicted octanol–water partition coefficient (Wildman–Crippen LogP) is 3.56. The molecule has 254 valence electrons. The fraction of sp³-hybridized carbons (Fsp3) is 0.639. The smallest absolute Gasteiger partial charge is 0.357 e. The first-order valence-electron chi connectivity index (χ1n) is 17.1. The van der Waals surface area contributed by atoms with Crippen LogP contribution in [0.1, 0.15) is 65.8 Å². The zero-order valence-electron chi connectivity index (χ0n) is 30.0. The summed E-state index contributed by atoms with van der Waals surface area (Å²) in [6, 6.07) is 1.98. The summed E-state index contributed by atoms with van der Waals surface area (Å²) in [7, 11) is 2.19. The Morgan fingerprint density at radius 2 is 1.89 bits per heavy atom. The number of aryl methyl sites for hydroxylation is 2. The van der Waals surface area contributed by atoms with E-state index in [2.05, 4.69) is 115 Å². The molecule has 10 nitrogen and oxygen atoms in total. The molecule has 0 radical (unpaired) electrons. The van der Waals surface area contributed by atoms with Gasteiger partial charge >= 0.3 is 5.79 Å². The van der Waals surface area contributed by atoms with E-state index in [9.17, 15) is 4.79 Å². The average molecular weight is 635 g/mol. The summed E-state index contributed by atoms with van der Waals surface area (Å²) in [5, 5.41) is 11.1. The molecule has 0 spiro atoms. The number of nitrogens with two attached hydrogens (primary N) is 1. The summed E-state index contributed by atoms with van der Waals surface area (Å²) in [5.74, 6) is -0.0225. The first-order chi connectivity index (χ1) is 21.7. The molecule has 1 fully saturated rings. The molecular formula is C36H60N9O+. The number of likely N-dealkylation sites (N-methyl/N-ethyl adjacent to an activating group) is 1. The van der Waals surface area contributed by atoms with Crippen LogP contribution >= 0.6 is 0 Å². The van der Waals surface area contributed by atoms with Gasteiger partial charge in [-0.3, -0.25) is 14.4 Å². The van der Waals surface area contributed by atoms with Crippen molar-refractivity contribution in [1.82, 2.24) is 35.1 Å². The standard InChI is InChI=1S/C36H59N9O/c1-11-28(5)35(26(2)3,22-30(7)39-34(46)24-45-32(9)21-29(6)40-45)43-14-12-33(13-15-43)44-25-36(44,37)38-23-27(4)20-31(8)42-18-16-41(10)17-19-42/h11-12,20-21,25-27,38H,7,13-19,22-24,37H2,1-6,8-10H3/p+1. The Morgan fingerprint density at radius 1 is 1.20 bits per heavy atom. The topological polar surface area (TPSA) is 97.7 Å². The molecule has 1 saturated heterocycles. The predicted molar refractivity (Wildman–Crippen MR) is 188 cm³/mol. The fourth-order valence-corrected chi connectivity index (χ4v) is 7.27. The fourth-order valence-electron chi connectivity index (χ4n) is 7.27. The Balaban J connectivity index is 1.36. The van der Waals surface area contributed by atoms with Crippen LogP contribution in [0.25, 0.3) is 0 Å². The van der Waals surface area contributed by atoms with E-state index >= 15 is 0 Å². The van der Waals surface area contributed by atoms with Crippen LogP contribution in [0.5, 0.6) is 0 Å². The highest BCUT2D eigenvalue weighted by atomic mass is 16.2. The van der Waals surface area contributed by atoms with E-state index < -0.39 is 5.79 Å². The van der Waals surface area contributed by atoms with E-state index in [4.69, 9.17) is 5.73 Å². The van der Waals surface area contributed by atoms with Crippen molar-refractivity contribution in [3.05, 3.63) is 64.9 Å². The number of amides is 1. The van der Waals surface area contributed by atoms with E-state index in [-0.39, 0.29) is 18.0 Å². The van der Waals surface area contributed by atoms with Gasteiger partial charge in [0.15, 0.2) is 5.70 Å². The van der Waals surface area contributed by atoms with E-state index in [0.29, 0.717) is 18.3 Å². The summed E-state index contributed by atoms with van der Waals surface area (Å²) in [6.07, 6.45) is 10.5. The van der Waals surface area contributed by atoms with Gasteiger partial charge < -0.3 is 15.1 Å². The molecule has 10 heteroatoms. The van der Waals surface area contributed by atoms with E-state index in [1.807, 2.05) is 19.9 Å². The third-order valence-electron chi connectivity index (χ3n) is 10.2. The number of carbonyl (C=O) groups excluding carboxylic acids is 1. The van der Waals surface area contributed by atoms with Gasteiger partial charge in [-0.25, -0.2) is 11.1 Å². The average Bonchev–Trinajstić information content (AvgIpc) is 3.58. The van der Waals surface area contributed by atoms with Gasteiger partial charge in [0.05, 0.1) is 5.69 Å². The maximum absolute atomic E-state index is 13.0. The minimum atomic E-state index is -0.601. The molecule has 0 aromatic carbocycles. The third-order valence-corrected chi connectivity index (χ3v) is 10.2. The Morgan fingerprint density at radius 3 is 2.46 bits per heavy atom. The van der Waals surface area contributed by atoms with Crippen LogP contribution in [0.15, 0.2) is 53.5 Å². The highest BCUT2D eigenvalue weighted by Gasteiger charge is 2.55. The molecule has 4 rings (SSSR count). The largest absolute Gasteiger partial charge is 0.373 e. The summed E-state index contributed by atoms with van der Waals surface area (Å²) in [6.45, 7) is 28.7. The van der Waals surface area contributed by atoms with E-state index in [1.54, 1.807) is 4.68 Å². The van der Waals surface area contributed by atoms with Gasteiger partial charge in [-0.05, 0) is 65.6 Å². The Kier molecular flexibility index (Phi) is 11.5. The zero-order valence-corrected chi connectivity index (χ0v) is 30.0. The van der Waals surface area contributed by atoms with Gasteiger partial charge in [0, 0.05) is 81.3 Å². The third kappa shape index (κ3) is 8.26. The SMILES string of the molecule is C=C(CC(C(C)=CC)(C(C)C)N1CC=C([N+]2=CC2(N)NCC(C)C=C(C)N2CCN(C)CC2)CC1)NC(=O)Cn1nc(C)cc1C. The van der Waals surface area contributed by atoms with Gasteiger partial charge in [0.1, 0.15) is 6.54 Å². The maximum Gasteiger partial charge on any atom is 0.357 e. The summed E-state index contributed by atoms with van der Waals surface area (Å²) in [5.41, 5.74) is 13.0. The minimum Gasteiger partial charge on any atom is -0.373 e. The van der Waals surface area contributed by atoms with Crippen molar-refractivity contribution in [2.75, 3.05) is 52.9 Å². The van der Waals surface area contributed by atoms with Crippen LogP contribution in [-0.2, 0) is 11.3 Å². The van der Waals surface area contributed by atoms with Gasteiger partial charge in [0.2, 0.25) is 5.91 Å². The molecule has 3 unspecified atom stereocenters. The Bertz CT molecular complexity index is 1390. The van der Waals surface area contributed by atoms with Crippen LogP contribution < -0.4 is 16.4 Å². The molecule has 46 heavy (non-hydrogen) atoms. The first-order valence-corrected chi connectivity index (χ1v) is 17.1. The molecule has 3 aliphatic rings. The van der Waals surface area contributed by atoms with Crippen LogP contribution in [0.4, 0.5) is 0 Å². The number of nitrogens with one attached hydrogen (secondary N) is 2. The van der Waals surface area contributed by atoms with E-state index in [1.165, 1.54) is 17.0 Å². The molecule has 0 saturated carbocycles. The molecule has 4 N–H and O–H groups in total. The van der Waals surface area contributed by atoms with Crippen molar-refractivity contribution in [3.8, 4) is 0 Å². The first kappa shape index (κ1) is 35.8. The number of hydrogen-bond acceptors (Lipinski definition) is 7. The minimum absolute atomic E-state index is 0.101. The maximum atomic E-state index is 13.0.